The van der Waals surface area contributed by atoms with Crippen molar-refractivity contribution < 1.29 is 13.2 Å². The van der Waals surface area contributed by atoms with Gasteiger partial charge in [-0.05, 0) is 61.0 Å². The summed E-state index contributed by atoms with van der Waals surface area (Å²) in [6, 6.07) is 20.3. The van der Waals surface area contributed by atoms with Crippen LogP contribution >= 0.6 is 15.9 Å². The lowest BCUT2D eigenvalue weighted by Crippen LogP contribution is -2.26. The fourth-order valence-electron chi connectivity index (χ4n) is 2.58. The van der Waals surface area contributed by atoms with Crippen LogP contribution in [-0.4, -0.2) is 21.4 Å². The molecule has 0 fully saturated rings. The van der Waals surface area contributed by atoms with E-state index in [0.29, 0.717) is 16.9 Å². The fourth-order valence-corrected chi connectivity index (χ4v) is 4.16. The molecule has 28 heavy (non-hydrogen) atoms. The monoisotopic (exact) mass is 458 g/mol. The van der Waals surface area contributed by atoms with Gasteiger partial charge in [-0.25, -0.2) is 8.42 Å². The van der Waals surface area contributed by atoms with Crippen LogP contribution in [-0.2, 0) is 10.0 Å². The maximum Gasteiger partial charge on any atom is 0.264 e. The molecule has 0 aromatic heterocycles. The molecule has 0 aliphatic carbocycles. The Balaban J connectivity index is 1.77. The number of amides is 1. The zero-order valence-electron chi connectivity index (χ0n) is 15.4. The summed E-state index contributed by atoms with van der Waals surface area (Å²) in [7, 11) is -2.18. The molecule has 3 aromatic rings. The number of hydrogen-bond acceptors (Lipinski definition) is 3. The van der Waals surface area contributed by atoms with E-state index in [0.717, 1.165) is 10.0 Å². The lowest BCUT2D eigenvalue weighted by Gasteiger charge is -2.19. The van der Waals surface area contributed by atoms with E-state index >= 15 is 0 Å². The Hall–Kier alpha value is -2.64. The normalized spacial score (nSPS) is 11.1. The minimum Gasteiger partial charge on any atom is -0.322 e. The van der Waals surface area contributed by atoms with Crippen LogP contribution in [0.2, 0.25) is 0 Å². The van der Waals surface area contributed by atoms with E-state index in [2.05, 4.69) is 21.2 Å². The third-order valence-corrected chi connectivity index (χ3v) is 6.98. The van der Waals surface area contributed by atoms with Gasteiger partial charge in [-0.3, -0.25) is 9.10 Å². The molecule has 0 radical (unpaired) electrons. The first-order valence-electron chi connectivity index (χ1n) is 8.50. The second-order valence-electron chi connectivity index (χ2n) is 6.25. The predicted octanol–water partition coefficient (Wildman–Crippen LogP) is 4.83. The summed E-state index contributed by atoms with van der Waals surface area (Å²) in [5.41, 5.74) is 2.64. The molecule has 0 saturated carbocycles. The number of carbonyl (C=O) groups is 1. The van der Waals surface area contributed by atoms with Gasteiger partial charge < -0.3 is 5.32 Å². The van der Waals surface area contributed by atoms with E-state index < -0.39 is 10.0 Å². The number of sulfonamides is 1. The van der Waals surface area contributed by atoms with Crippen molar-refractivity contribution in [3.63, 3.8) is 0 Å². The highest BCUT2D eigenvalue weighted by Crippen LogP contribution is 2.23. The Morgan fingerprint density at radius 3 is 2.21 bits per heavy atom. The molecular formula is C21H19BrN2O3S. The Labute approximate surface area is 173 Å². The van der Waals surface area contributed by atoms with Crippen LogP contribution in [0, 0.1) is 6.92 Å². The van der Waals surface area contributed by atoms with Gasteiger partial charge >= 0.3 is 0 Å². The quantitative estimate of drug-likeness (QED) is 0.594. The number of rotatable bonds is 5. The molecule has 0 unspecified atom stereocenters. The largest absolute Gasteiger partial charge is 0.322 e. The summed E-state index contributed by atoms with van der Waals surface area (Å²) >= 11 is 3.41. The van der Waals surface area contributed by atoms with Crippen molar-refractivity contribution in [3.8, 4) is 0 Å². The van der Waals surface area contributed by atoms with E-state index in [-0.39, 0.29) is 10.8 Å². The van der Waals surface area contributed by atoms with Gasteiger partial charge in [0.05, 0.1) is 10.6 Å². The first-order valence-corrected chi connectivity index (χ1v) is 10.7. The number of hydrogen-bond donors (Lipinski definition) is 1. The third kappa shape index (κ3) is 4.26. The van der Waals surface area contributed by atoms with Crippen molar-refractivity contribution in [2.75, 3.05) is 16.7 Å². The number of anilines is 2. The molecule has 1 N–H and O–H groups in total. The molecule has 1 amide bonds. The second kappa shape index (κ2) is 8.16. The molecule has 0 bridgehead atoms. The smallest absolute Gasteiger partial charge is 0.264 e. The van der Waals surface area contributed by atoms with Crippen LogP contribution in [0.15, 0.2) is 82.2 Å². The SMILES string of the molecule is Cc1ccc(C(=O)Nc2ccc(S(=O)(=O)N(C)c3ccccc3)cc2)cc1Br. The van der Waals surface area contributed by atoms with Crippen molar-refractivity contribution in [1.29, 1.82) is 0 Å². The number of nitrogens with one attached hydrogen (secondary N) is 1. The molecule has 0 heterocycles. The third-order valence-electron chi connectivity index (χ3n) is 4.32. The number of benzene rings is 3. The second-order valence-corrected chi connectivity index (χ2v) is 9.07. The topological polar surface area (TPSA) is 66.5 Å². The van der Waals surface area contributed by atoms with Crippen LogP contribution in [0.4, 0.5) is 11.4 Å². The van der Waals surface area contributed by atoms with Crippen molar-refractivity contribution in [2.45, 2.75) is 11.8 Å². The maximum atomic E-state index is 12.8. The zero-order valence-corrected chi connectivity index (χ0v) is 17.8. The number of aryl methyl sites for hydroxylation is 1. The molecule has 0 aliphatic heterocycles. The van der Waals surface area contributed by atoms with Crippen LogP contribution in [0.3, 0.4) is 0 Å². The molecule has 5 nitrogen and oxygen atoms in total. The number of para-hydroxylation sites is 1. The van der Waals surface area contributed by atoms with Crippen LogP contribution < -0.4 is 9.62 Å². The van der Waals surface area contributed by atoms with Crippen LogP contribution in [0.5, 0.6) is 0 Å². The first-order chi connectivity index (χ1) is 13.3. The predicted molar refractivity (Wildman–Crippen MR) is 115 cm³/mol. The minimum atomic E-state index is -3.69. The van der Waals surface area contributed by atoms with Gasteiger partial charge in [0.1, 0.15) is 0 Å². The minimum absolute atomic E-state index is 0.148. The van der Waals surface area contributed by atoms with Crippen molar-refractivity contribution >= 4 is 43.2 Å². The summed E-state index contributed by atoms with van der Waals surface area (Å²) < 4.78 is 27.7. The van der Waals surface area contributed by atoms with Gasteiger partial charge in [-0.2, -0.15) is 0 Å². The summed E-state index contributed by atoms with van der Waals surface area (Å²) in [6.45, 7) is 1.94. The summed E-state index contributed by atoms with van der Waals surface area (Å²) in [6.07, 6.45) is 0. The molecular weight excluding hydrogens is 440 g/mol. The molecule has 0 spiro atoms. The molecule has 7 heteroatoms. The Morgan fingerprint density at radius 2 is 1.61 bits per heavy atom. The number of carbonyl (C=O) groups excluding carboxylic acids is 1. The fraction of sp³-hybridized carbons (Fsp3) is 0.0952. The average Bonchev–Trinajstić information content (AvgIpc) is 2.70. The van der Waals surface area contributed by atoms with Gasteiger partial charge in [-0.1, -0.05) is 40.2 Å². The lowest BCUT2D eigenvalue weighted by molar-refractivity contribution is 0.102. The van der Waals surface area contributed by atoms with Crippen molar-refractivity contribution in [2.24, 2.45) is 0 Å². The molecule has 3 aromatic carbocycles. The number of halogens is 1. The lowest BCUT2D eigenvalue weighted by atomic mass is 10.1. The average molecular weight is 459 g/mol. The van der Waals surface area contributed by atoms with Gasteiger partial charge in [-0.15, -0.1) is 0 Å². The highest BCUT2D eigenvalue weighted by molar-refractivity contribution is 9.10. The Morgan fingerprint density at radius 1 is 0.964 bits per heavy atom. The summed E-state index contributed by atoms with van der Waals surface area (Å²) in [4.78, 5) is 12.5. The molecule has 0 aliphatic rings. The van der Waals surface area contributed by atoms with E-state index in [1.54, 1.807) is 48.5 Å². The van der Waals surface area contributed by atoms with Crippen molar-refractivity contribution in [1.82, 2.24) is 0 Å². The Bertz CT molecular complexity index is 1100. The van der Waals surface area contributed by atoms with Gasteiger partial charge in [0, 0.05) is 22.8 Å². The Kier molecular flexibility index (Phi) is 5.86. The van der Waals surface area contributed by atoms with Gasteiger partial charge in [0.15, 0.2) is 0 Å². The highest BCUT2D eigenvalue weighted by atomic mass is 79.9. The molecule has 3 rings (SSSR count). The van der Waals surface area contributed by atoms with Gasteiger partial charge in [0.2, 0.25) is 0 Å². The molecule has 144 valence electrons. The van der Waals surface area contributed by atoms with Crippen molar-refractivity contribution in [3.05, 3.63) is 88.4 Å². The van der Waals surface area contributed by atoms with E-state index in [9.17, 15) is 13.2 Å². The van der Waals surface area contributed by atoms with Crippen LogP contribution in [0.1, 0.15) is 15.9 Å². The zero-order chi connectivity index (χ0) is 20.3. The standard InChI is InChI=1S/C21H19BrN2O3S/c1-15-8-9-16(14-20(15)22)21(25)23-17-10-12-19(13-11-17)28(26,27)24(2)18-6-4-3-5-7-18/h3-14H,1-2H3,(H,23,25). The highest BCUT2D eigenvalue weighted by Gasteiger charge is 2.21. The van der Waals surface area contributed by atoms with E-state index in [4.69, 9.17) is 0 Å². The summed E-state index contributed by atoms with van der Waals surface area (Å²) in [5, 5.41) is 2.78. The first kappa shape index (κ1) is 20.1. The van der Waals surface area contributed by atoms with Crippen LogP contribution in [0.25, 0.3) is 0 Å². The molecule has 0 atom stereocenters. The number of nitrogens with zero attached hydrogens (tertiary/aromatic N) is 1. The maximum absolute atomic E-state index is 12.8. The van der Waals surface area contributed by atoms with E-state index in [1.807, 2.05) is 19.1 Å². The summed E-state index contributed by atoms with van der Waals surface area (Å²) in [5.74, 6) is -0.266. The molecule has 0 saturated heterocycles. The van der Waals surface area contributed by atoms with E-state index in [1.165, 1.54) is 23.5 Å². The van der Waals surface area contributed by atoms with Gasteiger partial charge in [0.25, 0.3) is 15.9 Å².